The fraction of sp³-hybridized carbons (Fsp3) is 0.611. The van der Waals surface area contributed by atoms with Crippen LogP contribution in [0.25, 0.3) is 0 Å². The van der Waals surface area contributed by atoms with E-state index in [0.717, 1.165) is 31.1 Å². The van der Waals surface area contributed by atoms with Crippen LogP contribution in [0.3, 0.4) is 0 Å². The van der Waals surface area contributed by atoms with Gasteiger partial charge in [-0.2, -0.15) is 0 Å². The van der Waals surface area contributed by atoms with Gasteiger partial charge < -0.3 is 25.4 Å². The highest BCUT2D eigenvalue weighted by molar-refractivity contribution is 6.40. The van der Waals surface area contributed by atoms with E-state index in [2.05, 4.69) is 16.3 Å². The largest absolute Gasteiger partial charge is 0.481 e. The van der Waals surface area contributed by atoms with Crippen molar-refractivity contribution in [1.29, 1.82) is 0 Å². The Balaban J connectivity index is 1.55. The van der Waals surface area contributed by atoms with Gasteiger partial charge in [-0.1, -0.05) is 24.1 Å². The first-order valence-corrected chi connectivity index (χ1v) is 9.62. The molecule has 6 nitrogen and oxygen atoms in total. The molecule has 1 aromatic carbocycles. The maximum atomic E-state index is 11.6. The molecule has 0 bridgehead atoms. The topological polar surface area (TPSA) is 93.0 Å². The number of hydrogen-bond donors (Lipinski definition) is 4. The van der Waals surface area contributed by atoms with Crippen LogP contribution in [-0.2, 0) is 17.8 Å². The van der Waals surface area contributed by atoms with Gasteiger partial charge in [0.2, 0.25) is 0 Å². The van der Waals surface area contributed by atoms with Gasteiger partial charge in [-0.3, -0.25) is 4.79 Å². The first-order chi connectivity index (χ1) is 12.4. The fourth-order valence-electron chi connectivity index (χ4n) is 4.24. The number of rotatable bonds is 7. The van der Waals surface area contributed by atoms with E-state index in [4.69, 9.17) is 21.6 Å². The number of carboxylic acid groups (broad SMARTS) is 1. The normalized spacial score (nSPS) is 25.9. The summed E-state index contributed by atoms with van der Waals surface area (Å²) in [6.45, 7) is 2.93. The molecule has 0 radical (unpaired) electrons. The molecule has 2 aliphatic rings. The van der Waals surface area contributed by atoms with Crippen molar-refractivity contribution >= 4 is 24.7 Å². The standard InChI is InChI=1S/C18H26BClN2O4/c20-15-4-3-12-7-16(21-8-14(12)6-15)10-22-9-13(2-1-5-19(25)26)17(11-22)18(23)24/h3-4,6,13,16-17,21,25-26H,1-2,5,7-11H2,(H,23,24)/t13-,16?,17+/m0/s1. The van der Waals surface area contributed by atoms with E-state index >= 15 is 0 Å². The summed E-state index contributed by atoms with van der Waals surface area (Å²) in [5, 5.41) is 31.8. The third kappa shape index (κ3) is 4.99. The molecule has 3 rings (SSSR count). The van der Waals surface area contributed by atoms with Gasteiger partial charge in [0.05, 0.1) is 5.92 Å². The second kappa shape index (κ2) is 8.72. The molecule has 4 N–H and O–H groups in total. The monoisotopic (exact) mass is 380 g/mol. The molecule has 0 saturated carbocycles. The van der Waals surface area contributed by atoms with Crippen molar-refractivity contribution in [2.24, 2.45) is 11.8 Å². The summed E-state index contributed by atoms with van der Waals surface area (Å²) in [5.41, 5.74) is 2.54. The zero-order chi connectivity index (χ0) is 18.7. The summed E-state index contributed by atoms with van der Waals surface area (Å²) in [7, 11) is -1.31. The van der Waals surface area contributed by atoms with E-state index in [0.29, 0.717) is 31.7 Å². The zero-order valence-corrected chi connectivity index (χ0v) is 15.5. The molecule has 8 heteroatoms. The van der Waals surface area contributed by atoms with Gasteiger partial charge in [0.15, 0.2) is 0 Å². The van der Waals surface area contributed by atoms with Crippen LogP contribution in [0, 0.1) is 11.8 Å². The Morgan fingerprint density at radius 2 is 2.12 bits per heavy atom. The van der Waals surface area contributed by atoms with Crippen LogP contribution in [-0.4, -0.2) is 58.8 Å². The second-order valence-electron chi connectivity index (χ2n) is 7.53. The van der Waals surface area contributed by atoms with E-state index in [-0.39, 0.29) is 11.8 Å². The maximum Gasteiger partial charge on any atom is 0.451 e. The molecule has 1 saturated heterocycles. The molecule has 1 unspecified atom stereocenters. The predicted octanol–water partition coefficient (Wildman–Crippen LogP) is 1.24. The van der Waals surface area contributed by atoms with Crippen LogP contribution < -0.4 is 5.32 Å². The maximum absolute atomic E-state index is 11.6. The van der Waals surface area contributed by atoms with E-state index in [1.807, 2.05) is 12.1 Å². The summed E-state index contributed by atoms with van der Waals surface area (Å²) in [5.74, 6) is -1.06. The summed E-state index contributed by atoms with van der Waals surface area (Å²) in [6.07, 6.45) is 2.56. The van der Waals surface area contributed by atoms with Crippen LogP contribution in [0.2, 0.25) is 11.3 Å². The first-order valence-electron chi connectivity index (χ1n) is 9.24. The number of nitrogens with one attached hydrogen (secondary N) is 1. The van der Waals surface area contributed by atoms with Crippen molar-refractivity contribution < 1.29 is 19.9 Å². The van der Waals surface area contributed by atoms with Gasteiger partial charge in [0.1, 0.15) is 0 Å². The summed E-state index contributed by atoms with van der Waals surface area (Å²) < 4.78 is 0. The summed E-state index contributed by atoms with van der Waals surface area (Å²) >= 11 is 6.05. The number of carboxylic acids is 1. The van der Waals surface area contributed by atoms with Gasteiger partial charge in [-0.15, -0.1) is 0 Å². The Morgan fingerprint density at radius 3 is 2.85 bits per heavy atom. The Bertz CT molecular complexity index is 646. The van der Waals surface area contributed by atoms with Crippen molar-refractivity contribution in [3.05, 3.63) is 34.3 Å². The number of hydrogen-bond acceptors (Lipinski definition) is 5. The SMILES string of the molecule is O=C(O)[C@@H]1CN(CC2Cc3ccc(Cl)cc3CN2)C[C@@H]1CCCB(O)O. The minimum atomic E-state index is -1.31. The Hall–Kier alpha value is -1.12. The lowest BCUT2D eigenvalue weighted by molar-refractivity contribution is -0.142. The van der Waals surface area contributed by atoms with Crippen LogP contribution in [0.5, 0.6) is 0 Å². The quantitative estimate of drug-likeness (QED) is 0.532. The van der Waals surface area contributed by atoms with Crippen LogP contribution in [0.4, 0.5) is 0 Å². The van der Waals surface area contributed by atoms with Gasteiger partial charge in [0.25, 0.3) is 0 Å². The van der Waals surface area contributed by atoms with Crippen molar-refractivity contribution in [3.63, 3.8) is 0 Å². The van der Waals surface area contributed by atoms with E-state index in [1.165, 1.54) is 11.1 Å². The summed E-state index contributed by atoms with van der Waals surface area (Å²) in [4.78, 5) is 13.8. The Labute approximate surface area is 159 Å². The fourth-order valence-corrected chi connectivity index (χ4v) is 4.43. The third-order valence-corrected chi connectivity index (χ3v) is 5.80. The number of aliphatic carboxylic acids is 1. The summed E-state index contributed by atoms with van der Waals surface area (Å²) in [6, 6.07) is 6.31. The van der Waals surface area contributed by atoms with Crippen molar-refractivity contribution in [3.8, 4) is 0 Å². The van der Waals surface area contributed by atoms with Crippen LogP contribution >= 0.6 is 11.6 Å². The number of likely N-dealkylation sites (tertiary alicyclic amines) is 1. The molecular weight excluding hydrogens is 354 g/mol. The first kappa shape index (κ1) is 19.6. The van der Waals surface area contributed by atoms with Gasteiger partial charge >= 0.3 is 13.1 Å². The molecule has 1 aromatic rings. The molecule has 2 aliphatic heterocycles. The number of carbonyl (C=O) groups is 1. The number of fused-ring (bicyclic) bond motifs is 1. The molecule has 0 aliphatic carbocycles. The Kier molecular flexibility index (Phi) is 6.58. The lowest BCUT2D eigenvalue weighted by Gasteiger charge is -2.30. The van der Waals surface area contributed by atoms with Gasteiger partial charge in [0, 0.05) is 37.2 Å². The lowest BCUT2D eigenvalue weighted by atomic mass is 9.80. The third-order valence-electron chi connectivity index (χ3n) is 5.57. The molecule has 26 heavy (non-hydrogen) atoms. The lowest BCUT2D eigenvalue weighted by Crippen LogP contribution is -2.44. The minimum Gasteiger partial charge on any atom is -0.481 e. The zero-order valence-electron chi connectivity index (χ0n) is 14.8. The number of nitrogens with zero attached hydrogens (tertiary/aromatic N) is 1. The van der Waals surface area contributed by atoms with Crippen LogP contribution in [0.1, 0.15) is 24.0 Å². The van der Waals surface area contributed by atoms with Crippen molar-refractivity contribution in [2.75, 3.05) is 19.6 Å². The minimum absolute atomic E-state index is 0.0703. The molecule has 0 amide bonds. The average Bonchev–Trinajstić information content (AvgIpc) is 2.97. The smallest absolute Gasteiger partial charge is 0.451 e. The molecule has 3 atom stereocenters. The highest BCUT2D eigenvalue weighted by Crippen LogP contribution is 2.29. The van der Waals surface area contributed by atoms with Crippen molar-refractivity contribution in [2.45, 2.75) is 38.2 Å². The molecule has 0 aromatic heterocycles. The molecular formula is C18H26BClN2O4. The number of benzene rings is 1. The Morgan fingerprint density at radius 1 is 1.31 bits per heavy atom. The van der Waals surface area contributed by atoms with Gasteiger partial charge in [-0.05, 0) is 48.3 Å². The average molecular weight is 381 g/mol. The van der Waals surface area contributed by atoms with Crippen LogP contribution in [0.15, 0.2) is 18.2 Å². The number of halogens is 1. The molecule has 142 valence electrons. The second-order valence-corrected chi connectivity index (χ2v) is 7.97. The highest BCUT2D eigenvalue weighted by Gasteiger charge is 2.38. The molecule has 2 heterocycles. The highest BCUT2D eigenvalue weighted by atomic mass is 35.5. The molecule has 1 fully saturated rings. The van der Waals surface area contributed by atoms with E-state index in [1.54, 1.807) is 0 Å². The predicted molar refractivity (Wildman–Crippen MR) is 101 cm³/mol. The molecule has 0 spiro atoms. The van der Waals surface area contributed by atoms with Gasteiger partial charge in [-0.25, -0.2) is 0 Å². The van der Waals surface area contributed by atoms with E-state index in [9.17, 15) is 9.90 Å². The van der Waals surface area contributed by atoms with Crippen molar-refractivity contribution in [1.82, 2.24) is 10.2 Å². The van der Waals surface area contributed by atoms with E-state index < -0.39 is 13.1 Å².